The molecule has 1 saturated carbocycles. The van der Waals surface area contributed by atoms with Gasteiger partial charge in [0, 0.05) is 4.88 Å². The maximum Gasteiger partial charge on any atom is 0.309 e. The molecule has 0 saturated heterocycles. The van der Waals surface area contributed by atoms with Crippen LogP contribution in [0.15, 0.2) is 4.79 Å². The number of carbonyl (C=O) groups is 1. The second kappa shape index (κ2) is 6.56. The SMILES string of the molecule is C[C@H]1CCc2c(sc3nc([C@@H](C)OC(=O)C4CCCC4)[nH]c(=O)c23)C1. The first-order valence-corrected chi connectivity index (χ1v) is 10.1. The van der Waals surface area contributed by atoms with E-state index < -0.39 is 6.10 Å². The molecule has 0 unspecified atom stereocenters. The topological polar surface area (TPSA) is 72.0 Å². The number of hydrogen-bond donors (Lipinski definition) is 1. The smallest absolute Gasteiger partial charge is 0.309 e. The summed E-state index contributed by atoms with van der Waals surface area (Å²) < 4.78 is 5.58. The lowest BCUT2D eigenvalue weighted by atomic mass is 9.89. The number of aryl methyl sites for hydroxylation is 1. The molecule has 0 spiro atoms. The number of H-pyrrole nitrogens is 1. The highest BCUT2D eigenvalue weighted by atomic mass is 32.1. The Morgan fingerprint density at radius 2 is 2.08 bits per heavy atom. The Kier molecular flexibility index (Phi) is 4.40. The fourth-order valence-electron chi connectivity index (χ4n) is 4.05. The second-order valence-corrected chi connectivity index (χ2v) is 8.63. The first kappa shape index (κ1) is 16.8. The summed E-state index contributed by atoms with van der Waals surface area (Å²) in [6.45, 7) is 4.04. The number of esters is 1. The van der Waals surface area contributed by atoms with Gasteiger partial charge in [0.15, 0.2) is 11.9 Å². The van der Waals surface area contributed by atoms with Crippen molar-refractivity contribution in [2.45, 2.75) is 64.9 Å². The number of rotatable bonds is 3. The van der Waals surface area contributed by atoms with Crippen LogP contribution >= 0.6 is 11.3 Å². The average molecular weight is 360 g/mol. The second-order valence-electron chi connectivity index (χ2n) is 7.54. The zero-order chi connectivity index (χ0) is 17.6. The highest BCUT2D eigenvalue weighted by molar-refractivity contribution is 7.18. The maximum atomic E-state index is 12.6. The Morgan fingerprint density at radius 3 is 2.84 bits per heavy atom. The summed E-state index contributed by atoms with van der Waals surface area (Å²) in [5.74, 6) is 0.960. The summed E-state index contributed by atoms with van der Waals surface area (Å²) >= 11 is 1.62. The van der Waals surface area contributed by atoms with E-state index in [0.717, 1.165) is 55.2 Å². The van der Waals surface area contributed by atoms with E-state index in [2.05, 4.69) is 16.9 Å². The van der Waals surface area contributed by atoms with E-state index in [1.54, 1.807) is 18.3 Å². The Balaban J connectivity index is 1.62. The van der Waals surface area contributed by atoms with E-state index >= 15 is 0 Å². The molecule has 2 aromatic rings. The van der Waals surface area contributed by atoms with Gasteiger partial charge in [-0.2, -0.15) is 0 Å². The summed E-state index contributed by atoms with van der Waals surface area (Å²) in [6.07, 6.45) is 6.57. The molecule has 6 heteroatoms. The van der Waals surface area contributed by atoms with Gasteiger partial charge in [0.2, 0.25) is 0 Å². The normalized spacial score (nSPS) is 22.1. The Labute approximate surface area is 150 Å². The summed E-state index contributed by atoms with van der Waals surface area (Å²) in [5, 5.41) is 0.741. The number of aromatic amines is 1. The van der Waals surface area contributed by atoms with Gasteiger partial charge in [-0.3, -0.25) is 9.59 Å². The average Bonchev–Trinajstić information content (AvgIpc) is 3.21. The van der Waals surface area contributed by atoms with E-state index in [9.17, 15) is 9.59 Å². The summed E-state index contributed by atoms with van der Waals surface area (Å²) in [4.78, 5) is 34.4. The summed E-state index contributed by atoms with van der Waals surface area (Å²) in [7, 11) is 0. The van der Waals surface area contributed by atoms with Crippen molar-refractivity contribution in [3.63, 3.8) is 0 Å². The predicted octanol–water partition coefficient (Wildman–Crippen LogP) is 3.90. The molecule has 0 aromatic carbocycles. The molecular weight excluding hydrogens is 336 g/mol. The molecule has 1 fully saturated rings. The number of fused-ring (bicyclic) bond motifs is 3. The van der Waals surface area contributed by atoms with Crippen molar-refractivity contribution in [3.05, 3.63) is 26.6 Å². The third-order valence-corrected chi connectivity index (χ3v) is 6.70. The van der Waals surface area contributed by atoms with Crippen LogP contribution in [0, 0.1) is 11.8 Å². The molecule has 0 aliphatic heterocycles. The highest BCUT2D eigenvalue weighted by Gasteiger charge is 2.28. The van der Waals surface area contributed by atoms with Crippen LogP contribution < -0.4 is 5.56 Å². The molecule has 4 rings (SSSR count). The standard InChI is InChI=1S/C19H24N2O3S/c1-10-7-8-13-14(9-10)25-18-15(13)17(22)20-16(21-18)11(2)24-19(23)12-5-3-4-6-12/h10-12H,3-9H2,1-2H3,(H,20,21,22)/t10-,11+/m0/s1. The lowest BCUT2D eigenvalue weighted by molar-refractivity contribution is -0.153. The molecule has 0 amide bonds. The van der Waals surface area contributed by atoms with Gasteiger partial charge in [0.05, 0.1) is 11.3 Å². The van der Waals surface area contributed by atoms with Gasteiger partial charge < -0.3 is 9.72 Å². The van der Waals surface area contributed by atoms with Crippen LogP contribution in [0.1, 0.15) is 68.3 Å². The maximum absolute atomic E-state index is 12.6. The molecule has 2 atom stereocenters. The number of carbonyl (C=O) groups excluding carboxylic acids is 1. The Hall–Kier alpha value is -1.69. The fourth-order valence-corrected chi connectivity index (χ4v) is 5.44. The van der Waals surface area contributed by atoms with Crippen molar-refractivity contribution >= 4 is 27.5 Å². The minimum absolute atomic E-state index is 0.00782. The van der Waals surface area contributed by atoms with Gasteiger partial charge in [0.25, 0.3) is 5.56 Å². The Morgan fingerprint density at radius 1 is 1.32 bits per heavy atom. The molecule has 5 nitrogen and oxygen atoms in total. The summed E-state index contributed by atoms with van der Waals surface area (Å²) in [5.41, 5.74) is 1.07. The van der Waals surface area contributed by atoms with E-state index in [0.29, 0.717) is 11.7 Å². The number of hydrogen-bond acceptors (Lipinski definition) is 5. The van der Waals surface area contributed by atoms with Gasteiger partial charge in [-0.1, -0.05) is 19.8 Å². The van der Waals surface area contributed by atoms with Crippen molar-refractivity contribution in [1.82, 2.24) is 9.97 Å². The lowest BCUT2D eigenvalue weighted by Crippen LogP contribution is -2.21. The zero-order valence-corrected chi connectivity index (χ0v) is 15.6. The molecule has 2 aliphatic rings. The van der Waals surface area contributed by atoms with Crippen LogP contribution in [-0.2, 0) is 22.4 Å². The third-order valence-electron chi connectivity index (χ3n) is 5.55. The van der Waals surface area contributed by atoms with Crippen molar-refractivity contribution in [1.29, 1.82) is 0 Å². The van der Waals surface area contributed by atoms with Gasteiger partial charge in [-0.25, -0.2) is 4.98 Å². The van der Waals surface area contributed by atoms with Crippen molar-refractivity contribution in [2.24, 2.45) is 11.8 Å². The van der Waals surface area contributed by atoms with Gasteiger partial charge in [-0.15, -0.1) is 11.3 Å². The molecular formula is C19H24N2O3S. The van der Waals surface area contributed by atoms with Crippen molar-refractivity contribution in [2.75, 3.05) is 0 Å². The van der Waals surface area contributed by atoms with Crippen LogP contribution in [0.5, 0.6) is 0 Å². The molecule has 25 heavy (non-hydrogen) atoms. The molecule has 0 bridgehead atoms. The van der Waals surface area contributed by atoms with E-state index in [4.69, 9.17) is 4.74 Å². The number of ether oxygens (including phenoxy) is 1. The van der Waals surface area contributed by atoms with Gasteiger partial charge in [0.1, 0.15) is 4.83 Å². The number of thiophene rings is 1. The van der Waals surface area contributed by atoms with E-state index in [1.807, 2.05) is 0 Å². The van der Waals surface area contributed by atoms with Crippen molar-refractivity contribution in [3.8, 4) is 0 Å². The molecule has 2 heterocycles. The van der Waals surface area contributed by atoms with Crippen LogP contribution in [0.25, 0.3) is 10.2 Å². The van der Waals surface area contributed by atoms with Crippen LogP contribution in [0.4, 0.5) is 0 Å². The van der Waals surface area contributed by atoms with Crippen molar-refractivity contribution < 1.29 is 9.53 Å². The number of nitrogens with zero attached hydrogens (tertiary/aromatic N) is 1. The Bertz CT molecular complexity index is 863. The predicted molar refractivity (Wildman–Crippen MR) is 97.9 cm³/mol. The molecule has 1 N–H and O–H groups in total. The monoisotopic (exact) mass is 360 g/mol. The minimum Gasteiger partial charge on any atom is -0.454 e. The summed E-state index contributed by atoms with van der Waals surface area (Å²) in [6, 6.07) is 0. The molecule has 2 aromatic heterocycles. The van der Waals surface area contributed by atoms with Crippen LogP contribution in [0.2, 0.25) is 0 Å². The molecule has 0 radical (unpaired) electrons. The largest absolute Gasteiger partial charge is 0.454 e. The zero-order valence-electron chi connectivity index (χ0n) is 14.8. The number of nitrogens with one attached hydrogen (secondary N) is 1. The van der Waals surface area contributed by atoms with Crippen LogP contribution in [0.3, 0.4) is 0 Å². The van der Waals surface area contributed by atoms with E-state index in [-0.39, 0.29) is 17.4 Å². The van der Waals surface area contributed by atoms with Gasteiger partial charge in [-0.05, 0) is 50.5 Å². The number of aromatic nitrogens is 2. The fraction of sp³-hybridized carbons (Fsp3) is 0.632. The molecule has 134 valence electrons. The van der Waals surface area contributed by atoms with Gasteiger partial charge >= 0.3 is 5.97 Å². The quantitative estimate of drug-likeness (QED) is 0.843. The first-order valence-electron chi connectivity index (χ1n) is 9.28. The minimum atomic E-state index is -0.525. The highest BCUT2D eigenvalue weighted by Crippen LogP contribution is 2.36. The van der Waals surface area contributed by atoms with E-state index in [1.165, 1.54) is 10.4 Å². The molecule has 2 aliphatic carbocycles. The van der Waals surface area contributed by atoms with Crippen LogP contribution in [-0.4, -0.2) is 15.9 Å². The first-order chi connectivity index (χ1) is 12.0. The lowest BCUT2D eigenvalue weighted by Gasteiger charge is -2.17. The third kappa shape index (κ3) is 3.12.